The number of rotatable bonds is 4. The highest BCUT2D eigenvalue weighted by molar-refractivity contribution is 7.99. The van der Waals surface area contributed by atoms with Gasteiger partial charge >= 0.3 is 5.97 Å². The summed E-state index contributed by atoms with van der Waals surface area (Å²) >= 11 is 1.47. The highest BCUT2D eigenvalue weighted by Gasteiger charge is 2.46. The largest absolute Gasteiger partial charge is 0.479 e. The number of aliphatic carboxylic acids is 1. The van der Waals surface area contributed by atoms with E-state index in [0.29, 0.717) is 17.9 Å². The van der Waals surface area contributed by atoms with Gasteiger partial charge in [-0.3, -0.25) is 9.59 Å². The van der Waals surface area contributed by atoms with Crippen LogP contribution in [0.4, 0.5) is 10.1 Å². The average Bonchev–Trinajstić information content (AvgIpc) is 3.16. The zero-order valence-corrected chi connectivity index (χ0v) is 13.6. The van der Waals surface area contributed by atoms with Crippen LogP contribution >= 0.6 is 11.8 Å². The van der Waals surface area contributed by atoms with E-state index in [1.165, 1.54) is 34.9 Å². The number of halogens is 1. The minimum Gasteiger partial charge on any atom is -0.479 e. The first-order chi connectivity index (χ1) is 11.4. The lowest BCUT2D eigenvalue weighted by atomic mass is 9.97. The summed E-state index contributed by atoms with van der Waals surface area (Å²) in [6.45, 7) is 0.0500. The first kappa shape index (κ1) is 16.8. The molecule has 0 radical (unpaired) electrons. The van der Waals surface area contributed by atoms with Crippen LogP contribution in [0.2, 0.25) is 0 Å². The van der Waals surface area contributed by atoms with Crippen molar-refractivity contribution in [3.63, 3.8) is 0 Å². The summed E-state index contributed by atoms with van der Waals surface area (Å²) in [7, 11) is 0. The summed E-state index contributed by atoms with van der Waals surface area (Å²) in [4.78, 5) is 37.4. The fourth-order valence-electron chi connectivity index (χ4n) is 3.01. The molecule has 2 atom stereocenters. The molecule has 0 aromatic heterocycles. The molecule has 8 heteroatoms. The van der Waals surface area contributed by atoms with E-state index in [2.05, 4.69) is 5.32 Å². The van der Waals surface area contributed by atoms with Gasteiger partial charge in [0.05, 0.1) is 11.6 Å². The monoisotopic (exact) mass is 352 g/mol. The van der Waals surface area contributed by atoms with Gasteiger partial charge in [0.15, 0.2) is 0 Å². The zero-order valence-electron chi connectivity index (χ0n) is 12.8. The Morgan fingerprint density at radius 2 is 2.12 bits per heavy atom. The number of carboxylic acids is 1. The number of anilines is 1. The molecule has 2 fully saturated rings. The molecule has 2 unspecified atom stereocenters. The lowest BCUT2D eigenvalue weighted by Gasteiger charge is -2.26. The Kier molecular flexibility index (Phi) is 4.49. The van der Waals surface area contributed by atoms with Gasteiger partial charge in [0.1, 0.15) is 11.4 Å². The topological polar surface area (TPSA) is 86.7 Å². The predicted octanol–water partition coefficient (Wildman–Crippen LogP) is 1.26. The lowest BCUT2D eigenvalue weighted by Crippen LogP contribution is -2.56. The van der Waals surface area contributed by atoms with Gasteiger partial charge in [0, 0.05) is 18.7 Å². The van der Waals surface area contributed by atoms with Crippen LogP contribution < -0.4 is 10.2 Å². The summed E-state index contributed by atoms with van der Waals surface area (Å²) in [5.41, 5.74) is -1.13. The number of benzene rings is 1. The summed E-state index contributed by atoms with van der Waals surface area (Å²) in [5.74, 6) is -2.10. The van der Waals surface area contributed by atoms with Crippen LogP contribution in [0, 0.1) is 11.7 Å². The highest BCUT2D eigenvalue weighted by atomic mass is 32.2. The van der Waals surface area contributed by atoms with Crippen molar-refractivity contribution in [2.75, 3.05) is 23.0 Å². The molecule has 2 aliphatic rings. The van der Waals surface area contributed by atoms with Crippen molar-refractivity contribution in [3.8, 4) is 0 Å². The van der Waals surface area contributed by atoms with Gasteiger partial charge in [-0.2, -0.15) is 11.8 Å². The number of hydrogen-bond donors (Lipinski definition) is 2. The molecule has 128 valence electrons. The molecule has 6 nitrogen and oxygen atoms in total. The molecule has 2 heterocycles. The molecule has 2 saturated heterocycles. The Morgan fingerprint density at radius 3 is 2.75 bits per heavy atom. The third kappa shape index (κ3) is 2.98. The number of amides is 2. The van der Waals surface area contributed by atoms with Gasteiger partial charge in [0.25, 0.3) is 0 Å². The Morgan fingerprint density at radius 1 is 1.38 bits per heavy atom. The number of carboxylic acid groups (broad SMARTS) is 1. The van der Waals surface area contributed by atoms with Gasteiger partial charge in [0.2, 0.25) is 11.8 Å². The second-order valence-corrected chi connectivity index (χ2v) is 7.14. The summed E-state index contributed by atoms with van der Waals surface area (Å²) in [6.07, 6.45) is 0.305. The van der Waals surface area contributed by atoms with Crippen molar-refractivity contribution in [3.05, 3.63) is 30.1 Å². The second-order valence-electron chi connectivity index (χ2n) is 6.04. The first-order valence-electron chi connectivity index (χ1n) is 7.61. The van der Waals surface area contributed by atoms with Crippen LogP contribution in [0.25, 0.3) is 0 Å². The number of thioether (sulfide) groups is 1. The standard InChI is InChI=1S/C16H17FN2O4S/c17-11-3-1-2-4-12(11)19-8-10(7-13(19)20)14(21)18-16(15(22)23)5-6-24-9-16/h1-4,10H,5-9H2,(H,18,21)(H,22,23). The van der Waals surface area contributed by atoms with E-state index >= 15 is 0 Å². The fourth-order valence-corrected chi connectivity index (χ4v) is 4.34. The maximum Gasteiger partial charge on any atom is 0.330 e. The molecule has 0 spiro atoms. The summed E-state index contributed by atoms with van der Waals surface area (Å²) < 4.78 is 13.9. The molecule has 0 bridgehead atoms. The lowest BCUT2D eigenvalue weighted by molar-refractivity contribution is -0.147. The van der Waals surface area contributed by atoms with Crippen LogP contribution in [0.1, 0.15) is 12.8 Å². The van der Waals surface area contributed by atoms with Crippen molar-refractivity contribution in [2.24, 2.45) is 5.92 Å². The normalized spacial score (nSPS) is 26.6. The number of nitrogens with one attached hydrogen (secondary N) is 1. The summed E-state index contributed by atoms with van der Waals surface area (Å²) in [5, 5.41) is 12.0. The molecular formula is C16H17FN2O4S. The number of hydrogen-bond acceptors (Lipinski definition) is 4. The van der Waals surface area contributed by atoms with Crippen molar-refractivity contribution >= 4 is 35.2 Å². The Balaban J connectivity index is 1.73. The van der Waals surface area contributed by atoms with Crippen LogP contribution in [0.5, 0.6) is 0 Å². The number of para-hydroxylation sites is 1. The quantitative estimate of drug-likeness (QED) is 0.852. The number of nitrogens with zero attached hydrogens (tertiary/aromatic N) is 1. The van der Waals surface area contributed by atoms with Gasteiger partial charge in [-0.15, -0.1) is 0 Å². The van der Waals surface area contributed by atoms with E-state index in [-0.39, 0.29) is 24.6 Å². The second kappa shape index (κ2) is 6.43. The SMILES string of the molecule is O=C(NC1(C(=O)O)CCSC1)C1CC(=O)N(c2ccccc2F)C1. The predicted molar refractivity (Wildman–Crippen MR) is 87.3 cm³/mol. The van der Waals surface area contributed by atoms with E-state index < -0.39 is 29.2 Å². The molecule has 24 heavy (non-hydrogen) atoms. The number of carbonyl (C=O) groups excluding carboxylic acids is 2. The highest BCUT2D eigenvalue weighted by Crippen LogP contribution is 2.31. The maximum atomic E-state index is 13.9. The molecule has 1 aromatic rings. The Labute approximate surface area is 142 Å². The van der Waals surface area contributed by atoms with Crippen LogP contribution in [0.15, 0.2) is 24.3 Å². The van der Waals surface area contributed by atoms with E-state index in [4.69, 9.17) is 0 Å². The third-order valence-corrected chi connectivity index (χ3v) is 5.62. The van der Waals surface area contributed by atoms with Crippen molar-refractivity contribution in [1.82, 2.24) is 5.32 Å². The average molecular weight is 352 g/mol. The van der Waals surface area contributed by atoms with Crippen molar-refractivity contribution < 1.29 is 23.9 Å². The smallest absolute Gasteiger partial charge is 0.330 e. The van der Waals surface area contributed by atoms with Crippen LogP contribution in [-0.2, 0) is 14.4 Å². The van der Waals surface area contributed by atoms with Gasteiger partial charge in [-0.05, 0) is 24.3 Å². The van der Waals surface area contributed by atoms with Crippen molar-refractivity contribution in [1.29, 1.82) is 0 Å². The fraction of sp³-hybridized carbons (Fsp3) is 0.438. The van der Waals surface area contributed by atoms with Gasteiger partial charge in [-0.25, -0.2) is 9.18 Å². The molecule has 0 saturated carbocycles. The first-order valence-corrected chi connectivity index (χ1v) is 8.76. The van der Waals surface area contributed by atoms with Gasteiger partial charge in [-0.1, -0.05) is 12.1 Å². The van der Waals surface area contributed by atoms with Crippen molar-refractivity contribution in [2.45, 2.75) is 18.4 Å². The molecule has 1 aromatic carbocycles. The summed E-state index contributed by atoms with van der Waals surface area (Å²) in [6, 6.07) is 5.89. The van der Waals surface area contributed by atoms with E-state index in [9.17, 15) is 23.9 Å². The molecule has 3 rings (SSSR count). The maximum absolute atomic E-state index is 13.9. The van der Waals surface area contributed by atoms with E-state index in [1.54, 1.807) is 6.07 Å². The molecule has 2 amide bonds. The number of carbonyl (C=O) groups is 3. The van der Waals surface area contributed by atoms with Crippen LogP contribution in [-0.4, -0.2) is 46.5 Å². The minimum atomic E-state index is -1.27. The molecule has 2 aliphatic heterocycles. The molecule has 2 N–H and O–H groups in total. The molecular weight excluding hydrogens is 335 g/mol. The van der Waals surface area contributed by atoms with E-state index in [0.717, 1.165) is 0 Å². The third-order valence-electron chi connectivity index (χ3n) is 4.43. The zero-order chi connectivity index (χ0) is 17.3. The van der Waals surface area contributed by atoms with Crippen LogP contribution in [0.3, 0.4) is 0 Å². The minimum absolute atomic E-state index is 0.0500. The van der Waals surface area contributed by atoms with Gasteiger partial charge < -0.3 is 15.3 Å². The Hall–Kier alpha value is -2.09. The molecule has 0 aliphatic carbocycles. The van der Waals surface area contributed by atoms with E-state index in [1.807, 2.05) is 0 Å². The Bertz CT molecular complexity index is 690.